The zero-order chi connectivity index (χ0) is 20.7. The zero-order valence-corrected chi connectivity index (χ0v) is 17.8. The Morgan fingerprint density at radius 3 is 2.54 bits per heavy atom. The quantitative estimate of drug-likeness (QED) is 0.563. The lowest BCUT2D eigenvalue weighted by Gasteiger charge is -2.21. The Labute approximate surface area is 171 Å². The van der Waals surface area contributed by atoms with Gasteiger partial charge in [0.05, 0.1) is 0 Å². The van der Waals surface area contributed by atoms with Gasteiger partial charge in [0.2, 0.25) is 0 Å². The van der Waals surface area contributed by atoms with Crippen LogP contribution in [0.15, 0.2) is 51.4 Å². The average molecular weight is 394 g/mol. The topological polar surface area (TPSA) is 66.2 Å². The molecule has 0 fully saturated rings. The molecular weight excluding hydrogens is 366 g/mol. The zero-order valence-electron chi connectivity index (χ0n) is 17.0. The van der Waals surface area contributed by atoms with Gasteiger partial charge >= 0.3 is 0 Å². The van der Waals surface area contributed by atoms with Crippen LogP contribution in [0.4, 0.5) is 0 Å². The van der Waals surface area contributed by atoms with Crippen molar-refractivity contribution >= 4 is 30.2 Å². The number of nitrogens with zero attached hydrogens (tertiary/aromatic N) is 2. The summed E-state index contributed by atoms with van der Waals surface area (Å²) in [5.74, 6) is 1.38. The van der Waals surface area contributed by atoms with Gasteiger partial charge in [-0.3, -0.25) is 5.14 Å². The van der Waals surface area contributed by atoms with Gasteiger partial charge < -0.3 is 9.32 Å². The molecule has 28 heavy (non-hydrogen) atoms. The number of hydrogen-bond acceptors (Lipinski definition) is 5. The smallest absolute Gasteiger partial charge is 0.134 e. The van der Waals surface area contributed by atoms with E-state index in [-0.39, 0.29) is 0 Å². The Balaban J connectivity index is 2.41. The molecule has 0 aliphatic carbocycles. The second kappa shape index (κ2) is 10.0. The lowest BCUT2D eigenvalue weighted by atomic mass is 10.1. The van der Waals surface area contributed by atoms with Crippen molar-refractivity contribution in [2.24, 2.45) is 5.14 Å². The van der Waals surface area contributed by atoms with Crippen molar-refractivity contribution in [3.05, 3.63) is 63.2 Å². The van der Waals surface area contributed by atoms with E-state index in [1.807, 2.05) is 31.2 Å². The van der Waals surface area contributed by atoms with E-state index in [2.05, 4.69) is 56.5 Å². The van der Waals surface area contributed by atoms with Crippen LogP contribution in [0.3, 0.4) is 0 Å². The van der Waals surface area contributed by atoms with Crippen molar-refractivity contribution in [1.82, 2.24) is 4.90 Å². The van der Waals surface area contributed by atoms with E-state index >= 15 is 0 Å². The molecule has 0 saturated heterocycles. The third kappa shape index (κ3) is 4.78. The van der Waals surface area contributed by atoms with E-state index in [1.165, 1.54) is 5.70 Å². The molecule has 0 saturated carbocycles. The summed E-state index contributed by atoms with van der Waals surface area (Å²) < 4.78 is 5.95. The minimum atomic E-state index is 0.443. The molecule has 0 atom stereocenters. The molecule has 0 amide bonds. The molecule has 4 nitrogen and oxygen atoms in total. The van der Waals surface area contributed by atoms with Crippen LogP contribution in [0.5, 0.6) is 0 Å². The van der Waals surface area contributed by atoms with Crippen molar-refractivity contribution in [2.75, 3.05) is 13.1 Å². The molecule has 2 aromatic rings. The van der Waals surface area contributed by atoms with E-state index in [1.54, 1.807) is 0 Å². The summed E-state index contributed by atoms with van der Waals surface area (Å²) in [4.78, 5) is 2.75. The van der Waals surface area contributed by atoms with Gasteiger partial charge in [-0.2, -0.15) is 5.26 Å². The van der Waals surface area contributed by atoms with E-state index in [0.29, 0.717) is 10.7 Å². The first-order valence-corrected chi connectivity index (χ1v) is 10.2. The molecule has 5 heteroatoms. The Bertz CT molecular complexity index is 1040. The van der Waals surface area contributed by atoms with Crippen molar-refractivity contribution in [3.8, 4) is 17.4 Å². The Hall–Kier alpha value is -2.68. The van der Waals surface area contributed by atoms with Crippen LogP contribution in [0, 0.1) is 11.3 Å². The van der Waals surface area contributed by atoms with Crippen LogP contribution in [0.25, 0.3) is 29.6 Å². The largest absolute Gasteiger partial charge is 0.456 e. The predicted octanol–water partition coefficient (Wildman–Crippen LogP) is 4.24. The maximum Gasteiger partial charge on any atom is 0.134 e. The summed E-state index contributed by atoms with van der Waals surface area (Å²) in [6, 6.07) is 12.0. The SMILES string of the molecule is C=c1cc(-c2ccc(/C(C)=C(\C#N)SN)o2)cc/c1=C/C(=C\C)N(CC)CC. The van der Waals surface area contributed by atoms with Gasteiger partial charge in [-0.15, -0.1) is 0 Å². The molecule has 1 aromatic heterocycles. The van der Waals surface area contributed by atoms with Crippen LogP contribution in [0.2, 0.25) is 0 Å². The number of benzene rings is 1. The van der Waals surface area contributed by atoms with Gasteiger partial charge in [-0.25, -0.2) is 0 Å². The third-order valence-electron chi connectivity index (χ3n) is 4.69. The molecule has 0 aliphatic heterocycles. The highest BCUT2D eigenvalue weighted by Gasteiger charge is 2.10. The summed E-state index contributed by atoms with van der Waals surface area (Å²) in [5.41, 5.74) is 2.87. The molecule has 0 spiro atoms. The predicted molar refractivity (Wildman–Crippen MR) is 120 cm³/mol. The lowest BCUT2D eigenvalue weighted by molar-refractivity contribution is 0.399. The van der Waals surface area contributed by atoms with Crippen molar-refractivity contribution in [1.29, 1.82) is 5.26 Å². The number of nitrogens with two attached hydrogens (primary N) is 1. The van der Waals surface area contributed by atoms with Gasteiger partial charge in [0.25, 0.3) is 0 Å². The van der Waals surface area contributed by atoms with E-state index in [9.17, 15) is 0 Å². The molecule has 0 bridgehead atoms. The summed E-state index contributed by atoms with van der Waals surface area (Å²) in [6.07, 6.45) is 4.29. The summed E-state index contributed by atoms with van der Waals surface area (Å²) in [6.45, 7) is 14.3. The van der Waals surface area contributed by atoms with E-state index < -0.39 is 0 Å². The second-order valence-electron chi connectivity index (χ2n) is 6.29. The number of allylic oxidation sites excluding steroid dienone is 4. The fourth-order valence-electron chi connectivity index (χ4n) is 3.01. The standard InChI is InChI=1S/C23H27N3OS/c1-6-20(26(7-2)8-3)14-18-9-10-19(13-16(18)4)22-12-11-21(27-22)17(5)23(15-24)28-25/h6,9-14H,4,7-8,25H2,1-3,5H3/b18-14-,20-6+,23-17+. The highest BCUT2D eigenvalue weighted by atomic mass is 32.2. The number of furan rings is 1. The normalized spacial score (nSPS) is 13.3. The summed E-state index contributed by atoms with van der Waals surface area (Å²) in [5, 5.41) is 16.7. The molecular formula is C23H27N3OS. The van der Waals surface area contributed by atoms with Gasteiger partial charge in [0.1, 0.15) is 22.5 Å². The summed E-state index contributed by atoms with van der Waals surface area (Å²) >= 11 is 0.931. The Morgan fingerprint density at radius 1 is 1.29 bits per heavy atom. The maximum atomic E-state index is 9.15. The monoisotopic (exact) mass is 393 g/mol. The van der Waals surface area contributed by atoms with E-state index in [4.69, 9.17) is 14.8 Å². The third-order valence-corrected chi connectivity index (χ3v) is 5.32. The molecule has 0 radical (unpaired) electrons. The first-order chi connectivity index (χ1) is 13.5. The lowest BCUT2D eigenvalue weighted by Crippen LogP contribution is -2.27. The Morgan fingerprint density at radius 2 is 2.00 bits per heavy atom. The number of nitriles is 1. The molecule has 0 aliphatic rings. The fourth-order valence-corrected chi connectivity index (χ4v) is 3.34. The minimum Gasteiger partial charge on any atom is -0.456 e. The summed E-state index contributed by atoms with van der Waals surface area (Å²) in [7, 11) is 0. The molecule has 1 heterocycles. The molecule has 0 unspecified atom stereocenters. The molecule has 1 aromatic carbocycles. The van der Waals surface area contributed by atoms with Crippen molar-refractivity contribution < 1.29 is 4.42 Å². The molecule has 146 valence electrons. The van der Waals surface area contributed by atoms with Crippen LogP contribution in [-0.4, -0.2) is 18.0 Å². The van der Waals surface area contributed by atoms with Crippen LogP contribution < -0.4 is 15.6 Å². The molecule has 2 rings (SSSR count). The van der Waals surface area contributed by atoms with E-state index in [0.717, 1.165) is 52.4 Å². The minimum absolute atomic E-state index is 0.443. The van der Waals surface area contributed by atoms with Crippen LogP contribution in [0.1, 0.15) is 33.5 Å². The van der Waals surface area contributed by atoms with Gasteiger partial charge in [0, 0.05) is 29.9 Å². The molecule has 2 N–H and O–H groups in total. The van der Waals surface area contributed by atoms with Gasteiger partial charge in [-0.05, 0) is 74.4 Å². The highest BCUT2D eigenvalue weighted by molar-refractivity contribution is 8.01. The van der Waals surface area contributed by atoms with Gasteiger partial charge in [0.15, 0.2) is 0 Å². The number of rotatable bonds is 7. The van der Waals surface area contributed by atoms with Crippen LogP contribution >= 0.6 is 11.9 Å². The average Bonchev–Trinajstić information content (AvgIpc) is 3.20. The van der Waals surface area contributed by atoms with Gasteiger partial charge in [-0.1, -0.05) is 24.8 Å². The maximum absolute atomic E-state index is 9.15. The fraction of sp³-hybridized carbons (Fsp3) is 0.261. The highest BCUT2D eigenvalue weighted by Crippen LogP contribution is 2.28. The van der Waals surface area contributed by atoms with Crippen molar-refractivity contribution in [3.63, 3.8) is 0 Å². The Kier molecular flexibility index (Phi) is 7.74. The van der Waals surface area contributed by atoms with Crippen molar-refractivity contribution in [2.45, 2.75) is 27.7 Å². The second-order valence-corrected chi connectivity index (χ2v) is 6.94. The first-order valence-electron chi connectivity index (χ1n) is 9.29. The first kappa shape index (κ1) is 21.6. The van der Waals surface area contributed by atoms with Crippen LogP contribution in [-0.2, 0) is 0 Å². The number of hydrogen-bond donors (Lipinski definition) is 1.